The smallest absolute Gasteiger partial charge is 0.410 e. The predicted octanol–water partition coefficient (Wildman–Crippen LogP) is 6.64. The van der Waals surface area contributed by atoms with Crippen molar-refractivity contribution in [2.24, 2.45) is 0 Å². The molecule has 2 amide bonds. The number of aryl methyl sites for hydroxylation is 1. The van der Waals surface area contributed by atoms with Crippen LogP contribution >= 0.6 is 0 Å². The number of allylic oxidation sites excluding steroid dienone is 1. The molecule has 1 unspecified atom stereocenters. The SMILES string of the molecule is CC(C)(C)OC(=O)N1CCN(C(=O)CCc2ccccc2Oc2ccccc2/C=C/C#N)C(Cc2ccccc2)C1. The van der Waals surface area contributed by atoms with E-state index < -0.39 is 5.60 Å². The largest absolute Gasteiger partial charge is 0.456 e. The first-order valence-corrected chi connectivity index (χ1v) is 14.0. The lowest BCUT2D eigenvalue weighted by Gasteiger charge is -2.42. The summed E-state index contributed by atoms with van der Waals surface area (Å²) in [4.78, 5) is 30.1. The van der Waals surface area contributed by atoms with Crippen LogP contribution in [-0.2, 0) is 22.4 Å². The molecule has 0 spiro atoms. The van der Waals surface area contributed by atoms with Crippen LogP contribution in [0.3, 0.4) is 0 Å². The molecule has 7 heteroatoms. The third-order valence-electron chi connectivity index (χ3n) is 6.83. The molecule has 3 aromatic rings. The Bertz CT molecular complexity index is 1410. The van der Waals surface area contributed by atoms with Crippen molar-refractivity contribution >= 4 is 18.1 Å². The van der Waals surface area contributed by atoms with Gasteiger partial charge in [-0.2, -0.15) is 5.26 Å². The Morgan fingerprint density at radius 2 is 1.63 bits per heavy atom. The first-order valence-electron chi connectivity index (χ1n) is 14.0. The average molecular weight is 552 g/mol. The van der Waals surface area contributed by atoms with E-state index in [0.717, 1.165) is 16.7 Å². The number of rotatable bonds is 8. The van der Waals surface area contributed by atoms with Gasteiger partial charge in [-0.25, -0.2) is 4.79 Å². The lowest BCUT2D eigenvalue weighted by atomic mass is 10.0. The van der Waals surface area contributed by atoms with Crippen molar-refractivity contribution in [1.29, 1.82) is 5.26 Å². The van der Waals surface area contributed by atoms with Crippen molar-refractivity contribution in [2.75, 3.05) is 19.6 Å². The summed E-state index contributed by atoms with van der Waals surface area (Å²) in [5.74, 6) is 1.36. The number of nitriles is 1. The van der Waals surface area contributed by atoms with Gasteiger partial charge in [0, 0.05) is 37.7 Å². The summed E-state index contributed by atoms with van der Waals surface area (Å²) < 4.78 is 11.9. The molecular formula is C34H37N3O4. The van der Waals surface area contributed by atoms with E-state index in [1.165, 1.54) is 6.08 Å². The molecule has 0 N–H and O–H groups in total. The summed E-state index contributed by atoms with van der Waals surface area (Å²) >= 11 is 0. The molecule has 0 aromatic heterocycles. The van der Waals surface area contributed by atoms with Gasteiger partial charge in [-0.15, -0.1) is 0 Å². The van der Waals surface area contributed by atoms with Crippen molar-refractivity contribution in [2.45, 2.75) is 51.7 Å². The van der Waals surface area contributed by atoms with Gasteiger partial charge >= 0.3 is 6.09 Å². The fraction of sp³-hybridized carbons (Fsp3) is 0.324. The Morgan fingerprint density at radius 1 is 0.951 bits per heavy atom. The fourth-order valence-electron chi connectivity index (χ4n) is 4.89. The van der Waals surface area contributed by atoms with E-state index in [9.17, 15) is 9.59 Å². The number of ether oxygens (including phenoxy) is 2. The molecule has 3 aromatic carbocycles. The minimum absolute atomic E-state index is 0.0435. The highest BCUT2D eigenvalue weighted by molar-refractivity contribution is 5.78. The van der Waals surface area contributed by atoms with Crippen LogP contribution in [0.15, 0.2) is 84.9 Å². The zero-order valence-corrected chi connectivity index (χ0v) is 24.0. The molecule has 1 heterocycles. The minimum Gasteiger partial charge on any atom is -0.456 e. The number of nitrogens with zero attached hydrogens (tertiary/aromatic N) is 3. The van der Waals surface area contributed by atoms with Crippen LogP contribution in [0.1, 0.15) is 43.9 Å². The maximum atomic E-state index is 13.6. The molecule has 212 valence electrons. The Kier molecular flexibility index (Phi) is 9.81. The van der Waals surface area contributed by atoms with Crippen LogP contribution in [0.25, 0.3) is 6.08 Å². The number of hydrogen-bond acceptors (Lipinski definition) is 5. The molecular weight excluding hydrogens is 514 g/mol. The maximum Gasteiger partial charge on any atom is 0.410 e. The molecule has 0 bridgehead atoms. The molecule has 1 saturated heterocycles. The van der Waals surface area contributed by atoms with E-state index in [-0.39, 0.29) is 18.0 Å². The van der Waals surface area contributed by atoms with Crippen LogP contribution in [0.4, 0.5) is 4.79 Å². The number of carbonyl (C=O) groups is 2. The van der Waals surface area contributed by atoms with Crippen molar-refractivity contribution < 1.29 is 19.1 Å². The van der Waals surface area contributed by atoms with Crippen molar-refractivity contribution in [1.82, 2.24) is 9.80 Å². The van der Waals surface area contributed by atoms with Gasteiger partial charge < -0.3 is 19.3 Å². The van der Waals surface area contributed by atoms with Gasteiger partial charge in [0.2, 0.25) is 5.91 Å². The van der Waals surface area contributed by atoms with Gasteiger partial charge in [0.15, 0.2) is 0 Å². The highest BCUT2D eigenvalue weighted by atomic mass is 16.6. The molecule has 41 heavy (non-hydrogen) atoms. The Balaban J connectivity index is 1.47. The van der Waals surface area contributed by atoms with Crippen LogP contribution in [0.2, 0.25) is 0 Å². The summed E-state index contributed by atoms with van der Waals surface area (Å²) in [6, 6.07) is 27.1. The van der Waals surface area contributed by atoms with Gasteiger partial charge in [-0.05, 0) is 62.9 Å². The highest BCUT2D eigenvalue weighted by Crippen LogP contribution is 2.30. The maximum absolute atomic E-state index is 13.6. The van der Waals surface area contributed by atoms with Crippen molar-refractivity contribution in [3.63, 3.8) is 0 Å². The monoisotopic (exact) mass is 551 g/mol. The summed E-state index contributed by atoms with van der Waals surface area (Å²) in [7, 11) is 0. The second-order valence-electron chi connectivity index (χ2n) is 11.1. The topological polar surface area (TPSA) is 82.9 Å². The third-order valence-corrected chi connectivity index (χ3v) is 6.83. The van der Waals surface area contributed by atoms with Crippen molar-refractivity contribution in [3.8, 4) is 17.6 Å². The zero-order chi connectivity index (χ0) is 29.2. The molecule has 1 aliphatic rings. The minimum atomic E-state index is -0.582. The third kappa shape index (κ3) is 8.46. The standard InChI is InChI=1S/C34H37N3O4/c1-34(2,3)41-33(39)36-22-23-37(29(25-36)24-26-12-5-4-6-13-26)32(38)20-19-28-15-8-10-18-31(28)40-30-17-9-7-14-27(30)16-11-21-35/h4-18,29H,19-20,22-25H2,1-3H3/b16-11+. The van der Waals surface area contributed by atoms with E-state index in [1.807, 2.05) is 111 Å². The number of benzene rings is 3. The lowest BCUT2D eigenvalue weighted by molar-refractivity contribution is -0.136. The van der Waals surface area contributed by atoms with Crippen LogP contribution in [0, 0.1) is 11.3 Å². The van der Waals surface area contributed by atoms with E-state index in [0.29, 0.717) is 50.4 Å². The summed E-state index contributed by atoms with van der Waals surface area (Å²) in [5, 5.41) is 8.93. The number of carbonyl (C=O) groups excluding carboxylic acids is 2. The van der Waals surface area contributed by atoms with Gasteiger partial charge in [0.1, 0.15) is 17.1 Å². The number of para-hydroxylation sites is 2. The molecule has 4 rings (SSSR count). The van der Waals surface area contributed by atoms with E-state index >= 15 is 0 Å². The van der Waals surface area contributed by atoms with Gasteiger partial charge in [0.05, 0.1) is 12.1 Å². The normalized spacial score (nSPS) is 15.4. The molecule has 0 saturated carbocycles. The second kappa shape index (κ2) is 13.7. The van der Waals surface area contributed by atoms with Gasteiger partial charge in [-0.1, -0.05) is 66.7 Å². The molecule has 1 aliphatic heterocycles. The van der Waals surface area contributed by atoms with E-state index in [4.69, 9.17) is 14.7 Å². The molecule has 0 aliphatic carbocycles. The predicted molar refractivity (Wildman–Crippen MR) is 159 cm³/mol. The summed E-state index contributed by atoms with van der Waals surface area (Å²) in [6.07, 6.45) is 4.26. The number of hydrogen-bond donors (Lipinski definition) is 0. The first-order chi connectivity index (χ1) is 19.7. The molecule has 7 nitrogen and oxygen atoms in total. The quantitative estimate of drug-likeness (QED) is 0.293. The van der Waals surface area contributed by atoms with Crippen molar-refractivity contribution in [3.05, 3.63) is 102 Å². The fourth-order valence-corrected chi connectivity index (χ4v) is 4.89. The molecule has 1 atom stereocenters. The molecule has 1 fully saturated rings. The highest BCUT2D eigenvalue weighted by Gasteiger charge is 2.34. The number of piperazine rings is 1. The average Bonchev–Trinajstić information content (AvgIpc) is 2.95. The van der Waals surface area contributed by atoms with Gasteiger partial charge in [-0.3, -0.25) is 4.79 Å². The van der Waals surface area contributed by atoms with Gasteiger partial charge in [0.25, 0.3) is 0 Å². The van der Waals surface area contributed by atoms with E-state index in [1.54, 1.807) is 11.0 Å². The Labute approximate surface area is 242 Å². The Morgan fingerprint density at radius 3 is 2.37 bits per heavy atom. The Hall–Kier alpha value is -4.57. The summed E-state index contributed by atoms with van der Waals surface area (Å²) in [5.41, 5.74) is 2.25. The van der Waals surface area contributed by atoms with Crippen LogP contribution in [-0.4, -0.2) is 53.1 Å². The van der Waals surface area contributed by atoms with E-state index in [2.05, 4.69) is 0 Å². The summed E-state index contributed by atoms with van der Waals surface area (Å²) in [6.45, 7) is 6.87. The van der Waals surface area contributed by atoms with Crippen LogP contribution in [0.5, 0.6) is 11.5 Å². The van der Waals surface area contributed by atoms with Crippen LogP contribution < -0.4 is 4.74 Å². The second-order valence-corrected chi connectivity index (χ2v) is 11.1. The first kappa shape index (κ1) is 29.4. The lowest BCUT2D eigenvalue weighted by Crippen LogP contribution is -2.57. The zero-order valence-electron chi connectivity index (χ0n) is 24.0. The number of amides is 2. The molecule has 0 radical (unpaired) electrons.